The molecule has 1 fully saturated rings. The van der Waals surface area contributed by atoms with E-state index in [0.717, 1.165) is 31.7 Å². The zero-order chi connectivity index (χ0) is 12.3. The first-order valence-corrected chi connectivity index (χ1v) is 5.44. The Morgan fingerprint density at radius 1 is 1.41 bits per heavy atom. The van der Waals surface area contributed by atoms with E-state index in [1.54, 1.807) is 0 Å². The van der Waals surface area contributed by atoms with Crippen LogP contribution >= 0.6 is 0 Å². The smallest absolute Gasteiger partial charge is 0.376 e. The van der Waals surface area contributed by atoms with Gasteiger partial charge in [-0.3, -0.25) is 0 Å². The van der Waals surface area contributed by atoms with E-state index in [-0.39, 0.29) is 6.10 Å². The standard InChI is InChI=1S/C11H13F3N2O/c12-11(13,14)8-3-4-10(15-6-8)16-7-9-2-1-5-17-9/h3-4,6,9H,1-2,5,7H2,(H,15,16). The summed E-state index contributed by atoms with van der Waals surface area (Å²) in [6, 6.07) is 2.35. The van der Waals surface area contributed by atoms with Crippen molar-refractivity contribution in [2.75, 3.05) is 18.5 Å². The summed E-state index contributed by atoms with van der Waals surface area (Å²) in [6.45, 7) is 1.34. The van der Waals surface area contributed by atoms with Gasteiger partial charge in [-0.1, -0.05) is 0 Å². The van der Waals surface area contributed by atoms with Crippen LogP contribution in [-0.4, -0.2) is 24.2 Å². The van der Waals surface area contributed by atoms with Gasteiger partial charge < -0.3 is 10.1 Å². The molecule has 0 amide bonds. The Labute approximate surface area is 97.0 Å². The van der Waals surface area contributed by atoms with Crippen LogP contribution < -0.4 is 5.32 Å². The van der Waals surface area contributed by atoms with Gasteiger partial charge in [0.05, 0.1) is 11.7 Å². The Morgan fingerprint density at radius 3 is 2.76 bits per heavy atom. The summed E-state index contributed by atoms with van der Waals surface area (Å²) in [5.41, 5.74) is -0.736. The molecule has 1 saturated heterocycles. The molecule has 1 aliphatic rings. The number of rotatable bonds is 3. The van der Waals surface area contributed by atoms with Crippen molar-refractivity contribution in [2.45, 2.75) is 25.1 Å². The number of nitrogens with zero attached hydrogens (tertiary/aromatic N) is 1. The second kappa shape index (κ2) is 4.91. The van der Waals surface area contributed by atoms with Gasteiger partial charge in [-0.25, -0.2) is 4.98 Å². The lowest BCUT2D eigenvalue weighted by Gasteiger charge is -2.12. The summed E-state index contributed by atoms with van der Waals surface area (Å²) < 4.78 is 42.2. The third kappa shape index (κ3) is 3.33. The van der Waals surface area contributed by atoms with Crippen molar-refractivity contribution < 1.29 is 17.9 Å². The van der Waals surface area contributed by atoms with Gasteiger partial charge in [-0.15, -0.1) is 0 Å². The molecule has 0 bridgehead atoms. The molecule has 94 valence electrons. The van der Waals surface area contributed by atoms with E-state index in [4.69, 9.17) is 4.74 Å². The maximum Gasteiger partial charge on any atom is 0.417 e. The largest absolute Gasteiger partial charge is 0.417 e. The van der Waals surface area contributed by atoms with E-state index in [0.29, 0.717) is 12.4 Å². The van der Waals surface area contributed by atoms with Crippen LogP contribution in [0.25, 0.3) is 0 Å². The summed E-state index contributed by atoms with van der Waals surface area (Å²) in [5.74, 6) is 0.438. The normalized spacial score (nSPS) is 20.5. The van der Waals surface area contributed by atoms with Crippen LogP contribution in [0.5, 0.6) is 0 Å². The summed E-state index contributed by atoms with van der Waals surface area (Å²) >= 11 is 0. The van der Waals surface area contributed by atoms with Gasteiger partial charge in [0, 0.05) is 19.3 Å². The van der Waals surface area contributed by atoms with Gasteiger partial charge in [0.15, 0.2) is 0 Å². The van der Waals surface area contributed by atoms with E-state index in [1.807, 2.05) is 0 Å². The van der Waals surface area contributed by atoms with Gasteiger partial charge in [-0.2, -0.15) is 13.2 Å². The molecule has 1 unspecified atom stereocenters. The molecule has 6 heteroatoms. The molecular formula is C11H13F3N2O. The van der Waals surface area contributed by atoms with E-state index in [2.05, 4.69) is 10.3 Å². The highest BCUT2D eigenvalue weighted by atomic mass is 19.4. The van der Waals surface area contributed by atoms with Gasteiger partial charge in [0.25, 0.3) is 0 Å². The third-order valence-electron chi connectivity index (χ3n) is 2.63. The molecule has 17 heavy (non-hydrogen) atoms. The lowest BCUT2D eigenvalue weighted by molar-refractivity contribution is -0.137. The van der Waals surface area contributed by atoms with Crippen molar-refractivity contribution in [3.8, 4) is 0 Å². The predicted molar refractivity (Wildman–Crippen MR) is 56.7 cm³/mol. The van der Waals surface area contributed by atoms with Gasteiger partial charge >= 0.3 is 6.18 Å². The Kier molecular flexibility index (Phi) is 3.51. The Hall–Kier alpha value is -1.30. The van der Waals surface area contributed by atoms with Crippen LogP contribution in [0.4, 0.5) is 19.0 Å². The first-order valence-electron chi connectivity index (χ1n) is 5.44. The first kappa shape index (κ1) is 12.2. The highest BCUT2D eigenvalue weighted by molar-refractivity contribution is 5.36. The quantitative estimate of drug-likeness (QED) is 0.890. The molecule has 0 aliphatic carbocycles. The molecule has 1 aromatic heterocycles. The second-order valence-corrected chi connectivity index (χ2v) is 3.95. The van der Waals surface area contributed by atoms with Gasteiger partial charge in [0.1, 0.15) is 5.82 Å². The first-order chi connectivity index (χ1) is 8.05. The maximum atomic E-state index is 12.3. The van der Waals surface area contributed by atoms with Crippen molar-refractivity contribution in [1.82, 2.24) is 4.98 Å². The average molecular weight is 246 g/mol. The van der Waals surface area contributed by atoms with Gasteiger partial charge in [0.2, 0.25) is 0 Å². The fourth-order valence-corrected chi connectivity index (χ4v) is 1.69. The van der Waals surface area contributed by atoms with Crippen molar-refractivity contribution in [3.63, 3.8) is 0 Å². The van der Waals surface area contributed by atoms with Crippen molar-refractivity contribution in [3.05, 3.63) is 23.9 Å². The van der Waals surface area contributed by atoms with Crippen LogP contribution in [0.2, 0.25) is 0 Å². The number of anilines is 1. The number of nitrogens with one attached hydrogen (secondary N) is 1. The zero-order valence-corrected chi connectivity index (χ0v) is 9.13. The molecule has 0 spiro atoms. The third-order valence-corrected chi connectivity index (χ3v) is 2.63. The summed E-state index contributed by atoms with van der Waals surface area (Å²) in [4.78, 5) is 3.72. The topological polar surface area (TPSA) is 34.1 Å². The molecular weight excluding hydrogens is 233 g/mol. The van der Waals surface area contributed by atoms with Crippen molar-refractivity contribution >= 4 is 5.82 Å². The number of hydrogen-bond acceptors (Lipinski definition) is 3. The van der Waals surface area contributed by atoms with Crippen LogP contribution in [0.3, 0.4) is 0 Å². The molecule has 0 saturated carbocycles. The monoisotopic (exact) mass is 246 g/mol. The molecule has 1 N–H and O–H groups in total. The minimum atomic E-state index is -4.33. The van der Waals surface area contributed by atoms with Crippen molar-refractivity contribution in [1.29, 1.82) is 0 Å². The number of hydrogen-bond donors (Lipinski definition) is 1. The Morgan fingerprint density at radius 2 is 2.24 bits per heavy atom. The second-order valence-electron chi connectivity index (χ2n) is 3.95. The van der Waals surface area contributed by atoms with Gasteiger partial charge in [-0.05, 0) is 25.0 Å². The molecule has 1 atom stereocenters. The summed E-state index contributed by atoms with van der Waals surface area (Å²) in [5, 5.41) is 2.96. The minimum absolute atomic E-state index is 0.138. The number of aromatic nitrogens is 1. The zero-order valence-electron chi connectivity index (χ0n) is 9.13. The molecule has 2 heterocycles. The molecule has 2 rings (SSSR count). The van der Waals surface area contributed by atoms with Crippen LogP contribution in [0.1, 0.15) is 18.4 Å². The van der Waals surface area contributed by atoms with E-state index in [9.17, 15) is 13.2 Å². The number of alkyl halides is 3. The minimum Gasteiger partial charge on any atom is -0.376 e. The van der Waals surface area contributed by atoms with E-state index < -0.39 is 11.7 Å². The van der Waals surface area contributed by atoms with Crippen LogP contribution in [0.15, 0.2) is 18.3 Å². The summed E-state index contributed by atoms with van der Waals surface area (Å²) in [7, 11) is 0. The molecule has 1 aromatic rings. The Bertz CT molecular complexity index is 358. The fourth-order valence-electron chi connectivity index (χ4n) is 1.69. The van der Waals surface area contributed by atoms with E-state index in [1.165, 1.54) is 6.07 Å². The molecule has 1 aliphatic heterocycles. The van der Waals surface area contributed by atoms with Crippen molar-refractivity contribution in [2.24, 2.45) is 0 Å². The lowest BCUT2D eigenvalue weighted by atomic mass is 10.2. The Balaban J connectivity index is 1.89. The number of ether oxygens (including phenoxy) is 1. The highest BCUT2D eigenvalue weighted by Crippen LogP contribution is 2.28. The average Bonchev–Trinajstić information content (AvgIpc) is 2.78. The van der Waals surface area contributed by atoms with Crippen LogP contribution in [-0.2, 0) is 10.9 Å². The molecule has 0 radical (unpaired) electrons. The predicted octanol–water partition coefficient (Wildman–Crippen LogP) is 2.69. The fraction of sp³-hybridized carbons (Fsp3) is 0.545. The van der Waals surface area contributed by atoms with Crippen LogP contribution in [0, 0.1) is 0 Å². The molecule has 0 aromatic carbocycles. The SMILES string of the molecule is FC(F)(F)c1ccc(NCC2CCCO2)nc1. The summed E-state index contributed by atoms with van der Waals surface area (Å²) in [6.07, 6.45) is -1.35. The highest BCUT2D eigenvalue weighted by Gasteiger charge is 2.30. The maximum absolute atomic E-state index is 12.3. The lowest BCUT2D eigenvalue weighted by Crippen LogP contribution is -2.19. The number of halogens is 3. The molecule has 3 nitrogen and oxygen atoms in total. The number of pyridine rings is 1. The van der Waals surface area contributed by atoms with E-state index >= 15 is 0 Å².